The smallest absolute Gasteiger partial charge is 0.355 e. The molecule has 1 aliphatic rings. The van der Waals surface area contributed by atoms with Crippen molar-refractivity contribution in [2.24, 2.45) is 0 Å². The summed E-state index contributed by atoms with van der Waals surface area (Å²) in [5.74, 6) is 0. The van der Waals surface area contributed by atoms with E-state index >= 15 is 0 Å². The van der Waals surface area contributed by atoms with Gasteiger partial charge in [-0.15, -0.1) is 0 Å². The van der Waals surface area contributed by atoms with Crippen LogP contribution in [0.15, 0.2) is 30.3 Å². The largest absolute Gasteiger partial charge is 0.373 e. The van der Waals surface area contributed by atoms with Crippen LogP contribution in [0.2, 0.25) is 0 Å². The molecule has 0 bridgehead atoms. The first-order valence-corrected chi connectivity index (χ1v) is 7.55. The molecule has 1 saturated carbocycles. The second kappa shape index (κ2) is 5.35. The first-order chi connectivity index (χ1) is 8.03. The minimum Gasteiger partial charge on any atom is -0.373 e. The van der Waals surface area contributed by atoms with Crippen LogP contribution in [0.4, 0.5) is 0 Å². The summed E-state index contributed by atoms with van der Waals surface area (Å²) in [5, 5.41) is 0. The molecule has 0 saturated heterocycles. The predicted molar refractivity (Wildman–Crippen MR) is 63.9 cm³/mol. The lowest BCUT2D eigenvalue weighted by Gasteiger charge is -2.33. The zero-order chi connectivity index (χ0) is 12.3. The molecule has 1 aromatic carbocycles. The molecule has 1 aliphatic carbocycles. The van der Waals surface area contributed by atoms with E-state index in [4.69, 9.17) is 15.4 Å². The van der Waals surface area contributed by atoms with E-state index in [9.17, 15) is 8.42 Å². The van der Waals surface area contributed by atoms with Crippen LogP contribution >= 0.6 is 10.7 Å². The Bertz CT molecular complexity index is 454. The molecule has 1 fully saturated rings. The molecule has 4 nitrogen and oxygen atoms in total. The molecule has 0 N–H and O–H groups in total. The third-order valence-electron chi connectivity index (χ3n) is 2.63. The summed E-state index contributed by atoms with van der Waals surface area (Å²) in [6.45, 7) is 0.534. The van der Waals surface area contributed by atoms with Crippen LogP contribution in [-0.2, 0) is 24.9 Å². The summed E-state index contributed by atoms with van der Waals surface area (Å²) in [4.78, 5) is 0. The van der Waals surface area contributed by atoms with Crippen LogP contribution in [-0.4, -0.2) is 20.6 Å². The third kappa shape index (κ3) is 4.27. The van der Waals surface area contributed by atoms with Crippen LogP contribution < -0.4 is 0 Å². The molecule has 1 aromatic rings. The van der Waals surface area contributed by atoms with Gasteiger partial charge in [-0.2, -0.15) is 8.42 Å². The molecule has 17 heavy (non-hydrogen) atoms. The van der Waals surface area contributed by atoms with Gasteiger partial charge in [0.1, 0.15) is 0 Å². The number of halogens is 1. The molecular formula is C11H13ClO4S. The maximum atomic E-state index is 10.6. The van der Waals surface area contributed by atoms with Gasteiger partial charge in [0.2, 0.25) is 0 Å². The molecule has 0 heterocycles. The van der Waals surface area contributed by atoms with Gasteiger partial charge < -0.3 is 4.74 Å². The minimum atomic E-state index is -3.86. The standard InChI is InChI=1S/C11H13ClO4S/c12-17(13,14)16-11-6-10(7-11)15-8-9-4-2-1-3-5-9/h1-5,10-11H,6-8H2. The van der Waals surface area contributed by atoms with Crippen molar-refractivity contribution in [3.8, 4) is 0 Å². The van der Waals surface area contributed by atoms with Crippen LogP contribution in [0.1, 0.15) is 18.4 Å². The van der Waals surface area contributed by atoms with E-state index in [2.05, 4.69) is 4.18 Å². The van der Waals surface area contributed by atoms with Crippen molar-refractivity contribution < 1.29 is 17.3 Å². The highest BCUT2D eigenvalue weighted by Crippen LogP contribution is 2.29. The summed E-state index contributed by atoms with van der Waals surface area (Å²) in [7, 11) is 1.11. The molecule has 0 aliphatic heterocycles. The number of benzene rings is 1. The van der Waals surface area contributed by atoms with Crippen molar-refractivity contribution in [3.63, 3.8) is 0 Å². The first-order valence-electron chi connectivity index (χ1n) is 5.31. The van der Waals surface area contributed by atoms with Gasteiger partial charge in [-0.3, -0.25) is 4.18 Å². The van der Waals surface area contributed by atoms with Crippen LogP contribution in [0.25, 0.3) is 0 Å². The highest BCUT2D eigenvalue weighted by atomic mass is 35.7. The lowest BCUT2D eigenvalue weighted by Crippen LogP contribution is -2.38. The topological polar surface area (TPSA) is 52.6 Å². The zero-order valence-corrected chi connectivity index (χ0v) is 10.7. The van der Waals surface area contributed by atoms with Crippen molar-refractivity contribution in [3.05, 3.63) is 35.9 Å². The molecule has 0 atom stereocenters. The van der Waals surface area contributed by atoms with E-state index in [0.717, 1.165) is 5.56 Å². The Labute approximate surface area is 105 Å². The Morgan fingerprint density at radius 2 is 1.82 bits per heavy atom. The third-order valence-corrected chi connectivity index (χ3v) is 3.35. The van der Waals surface area contributed by atoms with Gasteiger partial charge in [-0.05, 0) is 5.56 Å². The van der Waals surface area contributed by atoms with E-state index in [1.54, 1.807) is 0 Å². The summed E-state index contributed by atoms with van der Waals surface area (Å²) >= 11 is 0. The average molecular weight is 277 g/mol. The van der Waals surface area contributed by atoms with Gasteiger partial charge in [-0.1, -0.05) is 30.3 Å². The monoisotopic (exact) mass is 276 g/mol. The van der Waals surface area contributed by atoms with Crippen LogP contribution in [0.5, 0.6) is 0 Å². The van der Waals surface area contributed by atoms with Crippen LogP contribution in [0.3, 0.4) is 0 Å². The summed E-state index contributed by atoms with van der Waals surface area (Å²) in [5.41, 5.74) is 1.10. The molecule has 0 unspecified atom stereocenters. The molecular weight excluding hydrogens is 264 g/mol. The molecule has 0 radical (unpaired) electrons. The summed E-state index contributed by atoms with van der Waals surface area (Å²) in [6, 6.07) is 9.81. The predicted octanol–water partition coefficient (Wildman–Crippen LogP) is 2.23. The lowest BCUT2D eigenvalue weighted by atomic mass is 9.92. The summed E-state index contributed by atoms with van der Waals surface area (Å²) < 4.78 is 31.5. The quantitative estimate of drug-likeness (QED) is 0.774. The fourth-order valence-electron chi connectivity index (χ4n) is 1.68. The molecule has 6 heteroatoms. The zero-order valence-electron chi connectivity index (χ0n) is 9.08. The van der Waals surface area contributed by atoms with Gasteiger partial charge in [0.15, 0.2) is 0 Å². The fourth-order valence-corrected chi connectivity index (χ4v) is 2.47. The Balaban J connectivity index is 1.68. The van der Waals surface area contributed by atoms with Gasteiger partial charge in [0.05, 0.1) is 18.8 Å². The van der Waals surface area contributed by atoms with E-state index in [-0.39, 0.29) is 12.2 Å². The van der Waals surface area contributed by atoms with Crippen molar-refractivity contribution in [1.29, 1.82) is 0 Å². The van der Waals surface area contributed by atoms with Crippen LogP contribution in [0, 0.1) is 0 Å². The van der Waals surface area contributed by atoms with Crippen molar-refractivity contribution in [2.75, 3.05) is 0 Å². The maximum Gasteiger partial charge on any atom is 0.355 e. The molecule has 2 rings (SSSR count). The van der Waals surface area contributed by atoms with E-state index < -0.39 is 9.33 Å². The van der Waals surface area contributed by atoms with Gasteiger partial charge in [-0.25, -0.2) is 0 Å². The van der Waals surface area contributed by atoms with Crippen molar-refractivity contribution in [1.82, 2.24) is 0 Å². The highest BCUT2D eigenvalue weighted by Gasteiger charge is 2.33. The summed E-state index contributed by atoms with van der Waals surface area (Å²) in [6.07, 6.45) is 0.856. The first kappa shape index (κ1) is 12.8. The average Bonchev–Trinajstić information content (AvgIpc) is 2.21. The number of hydrogen-bond donors (Lipinski definition) is 0. The highest BCUT2D eigenvalue weighted by molar-refractivity contribution is 8.10. The molecule has 0 amide bonds. The minimum absolute atomic E-state index is 0.0543. The number of rotatable bonds is 5. The Hall–Kier alpha value is -0.620. The molecule has 94 valence electrons. The lowest BCUT2D eigenvalue weighted by molar-refractivity contribution is -0.0656. The van der Waals surface area contributed by atoms with Crippen molar-refractivity contribution >= 4 is 20.0 Å². The van der Waals surface area contributed by atoms with Gasteiger partial charge >= 0.3 is 9.33 Å². The Morgan fingerprint density at radius 3 is 2.41 bits per heavy atom. The Morgan fingerprint density at radius 1 is 1.18 bits per heavy atom. The molecule has 0 spiro atoms. The van der Waals surface area contributed by atoms with E-state index in [0.29, 0.717) is 19.4 Å². The fraction of sp³-hybridized carbons (Fsp3) is 0.455. The second-order valence-electron chi connectivity index (χ2n) is 4.00. The number of hydrogen-bond acceptors (Lipinski definition) is 4. The SMILES string of the molecule is O=S(=O)(Cl)OC1CC(OCc2ccccc2)C1. The second-order valence-corrected chi connectivity index (χ2v) is 6.11. The van der Waals surface area contributed by atoms with E-state index in [1.165, 1.54) is 0 Å². The van der Waals surface area contributed by atoms with Gasteiger partial charge in [0, 0.05) is 23.5 Å². The Kier molecular flexibility index (Phi) is 4.04. The van der Waals surface area contributed by atoms with E-state index in [1.807, 2.05) is 30.3 Å². The number of ether oxygens (including phenoxy) is 1. The molecule has 0 aromatic heterocycles. The normalized spacial score (nSPS) is 24.3. The maximum absolute atomic E-state index is 10.6. The van der Waals surface area contributed by atoms with Gasteiger partial charge in [0.25, 0.3) is 0 Å². The van der Waals surface area contributed by atoms with Crippen molar-refractivity contribution in [2.45, 2.75) is 31.7 Å².